The molecule has 29 heavy (non-hydrogen) atoms. The first-order valence-corrected chi connectivity index (χ1v) is 9.99. The van der Waals surface area contributed by atoms with Crippen molar-refractivity contribution in [3.63, 3.8) is 0 Å². The van der Waals surface area contributed by atoms with Crippen molar-refractivity contribution in [2.24, 2.45) is 0 Å². The number of carbonyl (C=O) groups is 1. The van der Waals surface area contributed by atoms with Gasteiger partial charge in [0.15, 0.2) is 17.1 Å². The predicted molar refractivity (Wildman–Crippen MR) is 115 cm³/mol. The fourth-order valence-electron chi connectivity index (χ4n) is 3.31. The molecule has 0 bridgehead atoms. The molecule has 0 saturated carbocycles. The summed E-state index contributed by atoms with van der Waals surface area (Å²) in [7, 11) is 1.62. The summed E-state index contributed by atoms with van der Waals surface area (Å²) in [4.78, 5) is 13.2. The van der Waals surface area contributed by atoms with Crippen molar-refractivity contribution >= 4 is 5.91 Å². The number of benzene rings is 2. The average molecular weight is 398 g/mol. The summed E-state index contributed by atoms with van der Waals surface area (Å²) in [5, 5.41) is 3.03. The van der Waals surface area contributed by atoms with E-state index in [9.17, 15) is 4.79 Å². The number of carbonyl (C=O) groups excluding carboxylic acids is 1. The fourth-order valence-corrected chi connectivity index (χ4v) is 3.31. The van der Waals surface area contributed by atoms with Gasteiger partial charge in [0.2, 0.25) is 0 Å². The average Bonchev–Trinajstić information content (AvgIpc) is 2.75. The number of nitrogens with one attached hydrogen (secondary N) is 1. The van der Waals surface area contributed by atoms with E-state index in [2.05, 4.69) is 11.9 Å². The Balaban J connectivity index is 2.11. The second-order valence-electron chi connectivity index (χ2n) is 6.54. The van der Waals surface area contributed by atoms with Crippen molar-refractivity contribution in [3.05, 3.63) is 72.3 Å². The molecule has 5 heteroatoms. The number of rotatable bonds is 12. The van der Waals surface area contributed by atoms with Crippen LogP contribution in [0, 0.1) is 0 Å². The standard InChI is InChI=1S/C24H31NO4/c1-5-16-24(29-7-3,20-11-9-8-10-12-20)23(26)25-17-15-19-13-14-21(28-6-2)22(18-19)27-4/h5,8-14,18H,1,6-7,15-17H2,2-4H3,(H,25,26). The third-order valence-electron chi connectivity index (χ3n) is 4.66. The van der Waals surface area contributed by atoms with E-state index in [0.29, 0.717) is 44.1 Å². The minimum Gasteiger partial charge on any atom is -0.493 e. The molecule has 0 fully saturated rings. The zero-order valence-electron chi connectivity index (χ0n) is 17.6. The van der Waals surface area contributed by atoms with Gasteiger partial charge in [-0.25, -0.2) is 0 Å². The van der Waals surface area contributed by atoms with Crippen LogP contribution in [0.1, 0.15) is 31.4 Å². The first kappa shape index (κ1) is 22.5. The quantitative estimate of drug-likeness (QED) is 0.544. The predicted octanol–water partition coefficient (Wildman–Crippen LogP) is 4.26. The van der Waals surface area contributed by atoms with Gasteiger partial charge in [-0.05, 0) is 43.5 Å². The molecule has 0 spiro atoms. The lowest BCUT2D eigenvalue weighted by atomic mass is 9.89. The topological polar surface area (TPSA) is 56.8 Å². The van der Waals surface area contributed by atoms with Crippen LogP contribution in [-0.2, 0) is 21.6 Å². The molecule has 0 aromatic heterocycles. The molecule has 2 aromatic rings. The van der Waals surface area contributed by atoms with E-state index in [1.165, 1.54) is 0 Å². The first-order chi connectivity index (χ1) is 14.1. The van der Waals surface area contributed by atoms with E-state index in [-0.39, 0.29) is 5.91 Å². The Bertz CT molecular complexity index is 791. The fraction of sp³-hybridized carbons (Fsp3) is 0.375. The number of hydrogen-bond donors (Lipinski definition) is 1. The molecule has 156 valence electrons. The van der Waals surface area contributed by atoms with Gasteiger partial charge in [0.05, 0.1) is 13.7 Å². The molecule has 0 heterocycles. The Labute approximate surface area is 173 Å². The molecule has 0 radical (unpaired) electrons. The summed E-state index contributed by atoms with van der Waals surface area (Å²) in [6, 6.07) is 15.4. The maximum absolute atomic E-state index is 13.2. The normalized spacial score (nSPS) is 12.7. The lowest BCUT2D eigenvalue weighted by molar-refractivity contribution is -0.148. The van der Waals surface area contributed by atoms with Crippen LogP contribution in [0.4, 0.5) is 0 Å². The van der Waals surface area contributed by atoms with Crippen LogP contribution in [0.3, 0.4) is 0 Å². The number of methoxy groups -OCH3 is 1. The van der Waals surface area contributed by atoms with E-state index in [4.69, 9.17) is 14.2 Å². The third-order valence-corrected chi connectivity index (χ3v) is 4.66. The number of hydrogen-bond acceptors (Lipinski definition) is 4. The Hall–Kier alpha value is -2.79. The van der Waals surface area contributed by atoms with Crippen molar-refractivity contribution in [3.8, 4) is 11.5 Å². The van der Waals surface area contributed by atoms with Gasteiger partial charge in [-0.2, -0.15) is 0 Å². The number of amides is 1. The maximum Gasteiger partial charge on any atom is 0.257 e. The van der Waals surface area contributed by atoms with Crippen LogP contribution in [-0.4, -0.2) is 32.8 Å². The van der Waals surface area contributed by atoms with Crippen LogP contribution in [0.5, 0.6) is 11.5 Å². The third kappa shape index (κ3) is 5.61. The smallest absolute Gasteiger partial charge is 0.257 e. The van der Waals surface area contributed by atoms with Crippen molar-refractivity contribution < 1.29 is 19.0 Å². The van der Waals surface area contributed by atoms with E-state index in [1.807, 2.05) is 62.4 Å². The van der Waals surface area contributed by atoms with Crippen LogP contribution in [0.15, 0.2) is 61.2 Å². The second-order valence-corrected chi connectivity index (χ2v) is 6.54. The molecule has 1 N–H and O–H groups in total. The molecular formula is C24H31NO4. The van der Waals surface area contributed by atoms with E-state index < -0.39 is 5.60 Å². The first-order valence-electron chi connectivity index (χ1n) is 9.99. The molecule has 2 rings (SSSR count). The molecule has 1 unspecified atom stereocenters. The molecule has 0 saturated heterocycles. The highest BCUT2D eigenvalue weighted by atomic mass is 16.5. The molecule has 0 aliphatic heterocycles. The van der Waals surface area contributed by atoms with Crippen LogP contribution < -0.4 is 14.8 Å². The minimum absolute atomic E-state index is 0.164. The molecule has 2 aromatic carbocycles. The highest BCUT2D eigenvalue weighted by Gasteiger charge is 2.39. The van der Waals surface area contributed by atoms with Gasteiger partial charge < -0.3 is 19.5 Å². The Morgan fingerprint density at radius 3 is 2.48 bits per heavy atom. The summed E-state index contributed by atoms with van der Waals surface area (Å²) >= 11 is 0. The molecule has 0 aliphatic rings. The summed E-state index contributed by atoms with van der Waals surface area (Å²) in [6.45, 7) is 9.12. The summed E-state index contributed by atoms with van der Waals surface area (Å²) in [5.41, 5.74) is 0.798. The molecule has 0 aliphatic carbocycles. The Kier molecular flexibility index (Phi) is 8.74. The molecule has 1 amide bonds. The zero-order valence-corrected chi connectivity index (χ0v) is 17.6. The van der Waals surface area contributed by atoms with E-state index >= 15 is 0 Å². The van der Waals surface area contributed by atoms with Crippen LogP contribution >= 0.6 is 0 Å². The van der Waals surface area contributed by atoms with Gasteiger partial charge in [-0.3, -0.25) is 4.79 Å². The monoisotopic (exact) mass is 397 g/mol. The van der Waals surface area contributed by atoms with Crippen molar-refractivity contribution in [1.82, 2.24) is 5.32 Å². The summed E-state index contributed by atoms with van der Waals surface area (Å²) in [6.07, 6.45) is 2.78. The SMILES string of the molecule is C=CCC(OCC)(C(=O)NCCc1ccc(OCC)c(OC)c1)c1ccccc1. The van der Waals surface area contributed by atoms with Gasteiger partial charge in [-0.15, -0.1) is 6.58 Å². The van der Waals surface area contributed by atoms with Crippen LogP contribution in [0.2, 0.25) is 0 Å². The van der Waals surface area contributed by atoms with Gasteiger partial charge >= 0.3 is 0 Å². The van der Waals surface area contributed by atoms with Crippen molar-refractivity contribution in [2.75, 3.05) is 26.9 Å². The molecule has 5 nitrogen and oxygen atoms in total. The zero-order chi connectivity index (χ0) is 21.1. The lowest BCUT2D eigenvalue weighted by Crippen LogP contribution is -2.47. The highest BCUT2D eigenvalue weighted by molar-refractivity contribution is 5.86. The summed E-state index contributed by atoms with van der Waals surface area (Å²) in [5.74, 6) is 1.24. The largest absolute Gasteiger partial charge is 0.493 e. The second kappa shape index (κ2) is 11.3. The molecule has 1 atom stereocenters. The lowest BCUT2D eigenvalue weighted by Gasteiger charge is -2.32. The van der Waals surface area contributed by atoms with Crippen molar-refractivity contribution in [1.29, 1.82) is 0 Å². The van der Waals surface area contributed by atoms with Gasteiger partial charge in [0.1, 0.15) is 0 Å². The number of ether oxygens (including phenoxy) is 3. The Morgan fingerprint density at radius 1 is 1.10 bits per heavy atom. The maximum atomic E-state index is 13.2. The van der Waals surface area contributed by atoms with Crippen molar-refractivity contribution in [2.45, 2.75) is 32.3 Å². The molecular weight excluding hydrogens is 366 g/mol. The summed E-state index contributed by atoms with van der Waals surface area (Å²) < 4.78 is 16.9. The van der Waals surface area contributed by atoms with Crippen LogP contribution in [0.25, 0.3) is 0 Å². The van der Waals surface area contributed by atoms with E-state index in [0.717, 1.165) is 11.1 Å². The van der Waals surface area contributed by atoms with Gasteiger partial charge in [0, 0.05) is 19.6 Å². The minimum atomic E-state index is -1.08. The Morgan fingerprint density at radius 2 is 1.86 bits per heavy atom. The van der Waals surface area contributed by atoms with E-state index in [1.54, 1.807) is 13.2 Å². The van der Waals surface area contributed by atoms with Gasteiger partial charge in [-0.1, -0.05) is 42.5 Å². The van der Waals surface area contributed by atoms with Gasteiger partial charge in [0.25, 0.3) is 5.91 Å². The highest BCUT2D eigenvalue weighted by Crippen LogP contribution is 2.31.